The number of hydrogen-bond donors (Lipinski definition) is 4. The first kappa shape index (κ1) is 31.2. The molecule has 12 nitrogen and oxygen atoms in total. The van der Waals surface area contributed by atoms with Crippen molar-refractivity contribution in [3.63, 3.8) is 0 Å². The Morgan fingerprint density at radius 2 is 1.74 bits per heavy atom. The number of aromatic nitrogens is 1. The van der Waals surface area contributed by atoms with Crippen molar-refractivity contribution in [1.29, 1.82) is 0 Å². The molecule has 3 fully saturated rings. The van der Waals surface area contributed by atoms with E-state index in [1.165, 1.54) is 16.8 Å². The van der Waals surface area contributed by atoms with Crippen molar-refractivity contribution in [1.82, 2.24) is 20.5 Å². The van der Waals surface area contributed by atoms with Gasteiger partial charge in [-0.2, -0.15) is 0 Å². The lowest BCUT2D eigenvalue weighted by atomic mass is 9.84. The molecule has 4 N–H and O–H groups in total. The number of amides is 4. The van der Waals surface area contributed by atoms with Gasteiger partial charge in [-0.1, -0.05) is 32.1 Å². The molecule has 3 atom stereocenters. The summed E-state index contributed by atoms with van der Waals surface area (Å²) in [4.78, 5) is 78.2. The molecule has 42 heavy (non-hydrogen) atoms. The van der Waals surface area contributed by atoms with Crippen LogP contribution in [0.2, 0.25) is 0 Å². The van der Waals surface area contributed by atoms with E-state index in [0.29, 0.717) is 19.4 Å². The smallest absolute Gasteiger partial charge is 0.412 e. The minimum absolute atomic E-state index is 0.0141. The number of rotatable bonds is 11. The molecule has 3 aliphatic rings. The van der Waals surface area contributed by atoms with Crippen LogP contribution in [0.15, 0.2) is 23.1 Å². The molecule has 3 unspecified atom stereocenters. The van der Waals surface area contributed by atoms with E-state index in [-0.39, 0.29) is 30.0 Å². The summed E-state index contributed by atoms with van der Waals surface area (Å²) < 4.78 is 6.55. The maximum absolute atomic E-state index is 14.0. The molecule has 230 valence electrons. The number of hydrogen-bond acceptors (Lipinski definition) is 7. The van der Waals surface area contributed by atoms with Gasteiger partial charge in [0.1, 0.15) is 17.3 Å². The van der Waals surface area contributed by atoms with E-state index in [2.05, 4.69) is 21.3 Å². The third kappa shape index (κ3) is 8.65. The number of ketones is 1. The van der Waals surface area contributed by atoms with Crippen molar-refractivity contribution in [2.75, 3.05) is 11.9 Å². The largest absolute Gasteiger partial charge is 0.444 e. The number of carbonyl (C=O) groups excluding carboxylic acids is 5. The summed E-state index contributed by atoms with van der Waals surface area (Å²) in [5.41, 5.74) is -1.42. The Labute approximate surface area is 245 Å². The number of nitrogens with zero attached hydrogens (tertiary/aromatic N) is 1. The van der Waals surface area contributed by atoms with Gasteiger partial charge in [0, 0.05) is 24.7 Å². The molecule has 0 aromatic carbocycles. The maximum Gasteiger partial charge on any atom is 0.412 e. The van der Waals surface area contributed by atoms with Crippen LogP contribution in [0, 0.1) is 11.8 Å². The number of pyridine rings is 1. The van der Waals surface area contributed by atoms with Crippen LogP contribution in [0.4, 0.5) is 10.5 Å². The van der Waals surface area contributed by atoms with Crippen molar-refractivity contribution in [3.05, 3.63) is 28.7 Å². The predicted octanol–water partition coefficient (Wildman–Crippen LogP) is 2.57. The summed E-state index contributed by atoms with van der Waals surface area (Å²) in [7, 11) is 0. The van der Waals surface area contributed by atoms with Gasteiger partial charge in [0.05, 0.1) is 6.04 Å². The highest BCUT2D eigenvalue weighted by atomic mass is 16.6. The van der Waals surface area contributed by atoms with E-state index in [0.717, 1.165) is 44.9 Å². The molecule has 1 saturated heterocycles. The van der Waals surface area contributed by atoms with E-state index in [1.807, 2.05) is 0 Å². The molecule has 2 saturated carbocycles. The molecule has 0 radical (unpaired) electrons. The second-order valence-corrected chi connectivity index (χ2v) is 12.7. The lowest BCUT2D eigenvalue weighted by Crippen LogP contribution is -2.51. The Kier molecular flexibility index (Phi) is 10.1. The maximum atomic E-state index is 14.0. The standard InChI is InChI=1S/C30H43N5O7/c1-30(2,3)42-29(41)34-21-10-7-15-35(28(21)40)23(16-18-8-5-4-6-9-18)26(38)33-22(17-19-13-14-31-25(19)37)24(36)27(39)32-20-11-12-20/h7,10,15,18-20,22-23H,4-6,8-9,11-14,16-17H2,1-3H3,(H,31,37)(H,32,39)(H,33,38)(H,34,41). The fourth-order valence-electron chi connectivity index (χ4n) is 5.65. The molecule has 2 aliphatic carbocycles. The molecule has 1 aliphatic heterocycles. The predicted molar refractivity (Wildman–Crippen MR) is 155 cm³/mol. The van der Waals surface area contributed by atoms with Gasteiger partial charge >= 0.3 is 6.09 Å². The molecule has 0 bridgehead atoms. The number of carbonyl (C=O) groups is 5. The minimum atomic E-state index is -1.22. The van der Waals surface area contributed by atoms with E-state index in [4.69, 9.17) is 4.74 Å². The van der Waals surface area contributed by atoms with Crippen LogP contribution < -0.4 is 26.8 Å². The summed E-state index contributed by atoms with van der Waals surface area (Å²) >= 11 is 0. The quantitative estimate of drug-likeness (QED) is 0.290. The normalized spacial score (nSPS) is 20.6. The zero-order chi connectivity index (χ0) is 30.4. The monoisotopic (exact) mass is 585 g/mol. The van der Waals surface area contributed by atoms with Crippen LogP contribution >= 0.6 is 0 Å². The summed E-state index contributed by atoms with van der Waals surface area (Å²) in [5.74, 6) is -2.75. The highest BCUT2D eigenvalue weighted by Crippen LogP contribution is 2.31. The molecular weight excluding hydrogens is 542 g/mol. The van der Waals surface area contributed by atoms with Crippen LogP contribution in [0.5, 0.6) is 0 Å². The third-order valence-corrected chi connectivity index (χ3v) is 7.98. The Hall–Kier alpha value is -3.70. The Balaban J connectivity index is 1.60. The zero-order valence-corrected chi connectivity index (χ0v) is 24.7. The Bertz CT molecular complexity index is 1240. The van der Waals surface area contributed by atoms with Gasteiger partial charge in [0.15, 0.2) is 0 Å². The minimum Gasteiger partial charge on any atom is -0.444 e. The van der Waals surface area contributed by atoms with Gasteiger partial charge in [0.2, 0.25) is 17.6 Å². The van der Waals surface area contributed by atoms with E-state index in [1.54, 1.807) is 26.8 Å². The van der Waals surface area contributed by atoms with Crippen LogP contribution in [0.1, 0.15) is 91.0 Å². The lowest BCUT2D eigenvalue weighted by molar-refractivity contribution is -0.141. The molecule has 12 heteroatoms. The summed E-state index contributed by atoms with van der Waals surface area (Å²) in [6.07, 6.45) is 8.06. The second-order valence-electron chi connectivity index (χ2n) is 12.7. The summed E-state index contributed by atoms with van der Waals surface area (Å²) in [5, 5.41) is 10.6. The van der Waals surface area contributed by atoms with E-state index in [9.17, 15) is 28.8 Å². The topological polar surface area (TPSA) is 165 Å². The molecule has 4 rings (SSSR count). The fourth-order valence-corrected chi connectivity index (χ4v) is 5.65. The first-order valence-electron chi connectivity index (χ1n) is 15.0. The molecule has 1 aromatic heterocycles. The molecule has 0 spiro atoms. The molecular formula is C30H43N5O7. The van der Waals surface area contributed by atoms with E-state index < -0.39 is 52.9 Å². The van der Waals surface area contributed by atoms with Crippen LogP contribution in [0.25, 0.3) is 0 Å². The molecule has 2 heterocycles. The number of anilines is 1. The van der Waals surface area contributed by atoms with Crippen LogP contribution in [0.3, 0.4) is 0 Å². The van der Waals surface area contributed by atoms with Gasteiger partial charge in [0.25, 0.3) is 11.5 Å². The van der Waals surface area contributed by atoms with Crippen molar-refractivity contribution < 1.29 is 28.7 Å². The number of Topliss-reactive ketones (excluding diaryl/α,β-unsaturated/α-hetero) is 1. The number of ether oxygens (including phenoxy) is 1. The van der Waals surface area contributed by atoms with Crippen LogP contribution in [-0.4, -0.2) is 58.4 Å². The SMILES string of the molecule is CC(C)(C)OC(=O)Nc1cccn(C(CC2CCCCC2)C(=O)NC(CC2CCNC2=O)C(=O)C(=O)NC2CC2)c1=O. The van der Waals surface area contributed by atoms with Crippen molar-refractivity contribution in [2.45, 2.75) is 109 Å². The second kappa shape index (κ2) is 13.5. The Morgan fingerprint density at radius 1 is 1.02 bits per heavy atom. The zero-order valence-electron chi connectivity index (χ0n) is 24.7. The summed E-state index contributed by atoms with van der Waals surface area (Å²) in [6.45, 7) is 5.58. The fraction of sp³-hybridized carbons (Fsp3) is 0.667. The Morgan fingerprint density at radius 3 is 2.36 bits per heavy atom. The average molecular weight is 586 g/mol. The summed E-state index contributed by atoms with van der Waals surface area (Å²) in [6, 6.07) is 0.721. The van der Waals surface area contributed by atoms with Gasteiger partial charge in [-0.3, -0.25) is 29.3 Å². The highest BCUT2D eigenvalue weighted by Gasteiger charge is 2.38. The van der Waals surface area contributed by atoms with Crippen molar-refractivity contribution in [2.24, 2.45) is 11.8 Å². The van der Waals surface area contributed by atoms with Gasteiger partial charge < -0.3 is 25.3 Å². The highest BCUT2D eigenvalue weighted by molar-refractivity contribution is 6.38. The van der Waals surface area contributed by atoms with Crippen molar-refractivity contribution in [3.8, 4) is 0 Å². The van der Waals surface area contributed by atoms with Gasteiger partial charge in [-0.05, 0) is 70.9 Å². The molecule has 4 amide bonds. The first-order chi connectivity index (χ1) is 19.9. The number of nitrogens with one attached hydrogen (secondary N) is 4. The van der Waals surface area contributed by atoms with Gasteiger partial charge in [-0.25, -0.2) is 4.79 Å². The lowest BCUT2D eigenvalue weighted by Gasteiger charge is -2.29. The third-order valence-electron chi connectivity index (χ3n) is 7.98. The van der Waals surface area contributed by atoms with Gasteiger partial charge in [-0.15, -0.1) is 0 Å². The first-order valence-corrected chi connectivity index (χ1v) is 15.0. The average Bonchev–Trinajstić information content (AvgIpc) is 3.66. The van der Waals surface area contributed by atoms with E-state index >= 15 is 0 Å². The van der Waals surface area contributed by atoms with Crippen LogP contribution in [-0.2, 0) is 23.9 Å². The molecule has 1 aromatic rings. The van der Waals surface area contributed by atoms with Crippen molar-refractivity contribution >= 4 is 35.3 Å².